The maximum atomic E-state index is 11.1. The predicted molar refractivity (Wildman–Crippen MR) is 81.2 cm³/mol. The summed E-state index contributed by atoms with van der Waals surface area (Å²) in [6.07, 6.45) is 5.21. The van der Waals surface area contributed by atoms with Crippen molar-refractivity contribution in [2.45, 2.75) is 0 Å². The van der Waals surface area contributed by atoms with Crippen LogP contribution in [0.25, 0.3) is 32.8 Å². The SMILES string of the molecule is O=C([O-])c1ccc2c(c1)cc(-c1ccn[nH]1)c1ccncc12.[Na+]. The number of pyridine rings is 1. The molecule has 23 heavy (non-hydrogen) atoms. The number of carbonyl (C=O) groups is 1. The van der Waals surface area contributed by atoms with Gasteiger partial charge in [-0.3, -0.25) is 10.1 Å². The molecule has 0 aliphatic rings. The number of carboxylic acids is 1. The maximum Gasteiger partial charge on any atom is 1.00 e. The zero-order valence-electron chi connectivity index (χ0n) is 12.4. The Bertz CT molecular complexity index is 1010. The minimum absolute atomic E-state index is 0. The number of aromatic carboxylic acids is 1. The Morgan fingerprint density at radius 2 is 1.87 bits per heavy atom. The van der Waals surface area contributed by atoms with E-state index in [1.54, 1.807) is 36.8 Å². The number of fused-ring (bicyclic) bond motifs is 3. The molecule has 6 heteroatoms. The Hall–Kier alpha value is -2.21. The van der Waals surface area contributed by atoms with Gasteiger partial charge in [0.15, 0.2) is 0 Å². The van der Waals surface area contributed by atoms with Crippen molar-refractivity contribution < 1.29 is 39.5 Å². The van der Waals surface area contributed by atoms with Crippen LogP contribution in [0.4, 0.5) is 0 Å². The van der Waals surface area contributed by atoms with Crippen molar-refractivity contribution in [1.82, 2.24) is 15.2 Å². The van der Waals surface area contributed by atoms with Crippen molar-refractivity contribution >= 4 is 27.5 Å². The second kappa shape index (κ2) is 6.12. The molecule has 0 fully saturated rings. The van der Waals surface area contributed by atoms with Crippen LogP contribution < -0.4 is 34.7 Å². The molecule has 4 aromatic rings. The number of hydrogen-bond acceptors (Lipinski definition) is 4. The smallest absolute Gasteiger partial charge is 0.545 e. The third kappa shape index (κ3) is 2.63. The van der Waals surface area contributed by atoms with Gasteiger partial charge in [0.2, 0.25) is 0 Å². The number of aromatic nitrogens is 3. The molecule has 2 aromatic carbocycles. The summed E-state index contributed by atoms with van der Waals surface area (Å²) in [4.78, 5) is 15.3. The van der Waals surface area contributed by atoms with Crippen LogP contribution in [-0.2, 0) is 0 Å². The fraction of sp³-hybridized carbons (Fsp3) is 0. The number of rotatable bonds is 2. The number of nitrogens with one attached hydrogen (secondary N) is 1. The number of hydrogen-bond donors (Lipinski definition) is 1. The van der Waals surface area contributed by atoms with E-state index in [1.165, 1.54) is 0 Å². The summed E-state index contributed by atoms with van der Waals surface area (Å²) in [6, 6.07) is 10.7. The van der Waals surface area contributed by atoms with Gasteiger partial charge in [0.05, 0.1) is 11.7 Å². The third-order valence-electron chi connectivity index (χ3n) is 3.78. The van der Waals surface area contributed by atoms with Gasteiger partial charge in [0.25, 0.3) is 0 Å². The summed E-state index contributed by atoms with van der Waals surface area (Å²) in [5.74, 6) is -1.18. The molecule has 106 valence electrons. The van der Waals surface area contributed by atoms with Crippen LogP contribution in [0.2, 0.25) is 0 Å². The summed E-state index contributed by atoms with van der Waals surface area (Å²) in [7, 11) is 0. The molecule has 0 saturated carbocycles. The number of carboxylic acid groups (broad SMARTS) is 1. The average molecular weight is 311 g/mol. The molecule has 0 spiro atoms. The Morgan fingerprint density at radius 1 is 1.00 bits per heavy atom. The fourth-order valence-corrected chi connectivity index (χ4v) is 2.76. The average Bonchev–Trinajstić information content (AvgIpc) is 3.07. The Balaban J connectivity index is 0.00000156. The van der Waals surface area contributed by atoms with Gasteiger partial charge in [0, 0.05) is 29.5 Å². The maximum absolute atomic E-state index is 11.1. The summed E-state index contributed by atoms with van der Waals surface area (Å²) >= 11 is 0. The Morgan fingerprint density at radius 3 is 2.61 bits per heavy atom. The van der Waals surface area contributed by atoms with Gasteiger partial charge in [-0.05, 0) is 46.0 Å². The van der Waals surface area contributed by atoms with Crippen LogP contribution >= 0.6 is 0 Å². The molecule has 5 nitrogen and oxygen atoms in total. The van der Waals surface area contributed by atoms with E-state index in [9.17, 15) is 9.90 Å². The van der Waals surface area contributed by atoms with Crippen molar-refractivity contribution in [2.75, 3.05) is 0 Å². The standard InChI is InChI=1S/C17H11N3O2.Na/c21-17(22)10-1-2-12-11(7-10)8-14(16-4-6-19-20-16)13-3-5-18-9-15(12)13;/h1-9H,(H,19,20)(H,21,22);/q;+1/p-1. The Kier molecular flexibility index (Phi) is 4.17. The van der Waals surface area contributed by atoms with E-state index in [0.717, 1.165) is 32.8 Å². The van der Waals surface area contributed by atoms with Gasteiger partial charge >= 0.3 is 29.6 Å². The molecule has 4 rings (SSSR count). The van der Waals surface area contributed by atoms with Gasteiger partial charge in [-0.1, -0.05) is 12.1 Å². The molecule has 0 unspecified atom stereocenters. The molecule has 2 aromatic heterocycles. The zero-order chi connectivity index (χ0) is 15.1. The normalized spacial score (nSPS) is 10.6. The van der Waals surface area contributed by atoms with Crippen LogP contribution in [0.5, 0.6) is 0 Å². The molecule has 0 atom stereocenters. The van der Waals surface area contributed by atoms with Crippen molar-refractivity contribution in [3.05, 3.63) is 60.6 Å². The minimum Gasteiger partial charge on any atom is -0.545 e. The van der Waals surface area contributed by atoms with Crippen molar-refractivity contribution in [3.8, 4) is 11.3 Å². The summed E-state index contributed by atoms with van der Waals surface area (Å²) in [6.45, 7) is 0. The molecule has 0 aliphatic heterocycles. The molecule has 0 radical (unpaired) electrons. The number of carbonyl (C=O) groups excluding carboxylic acids is 1. The molecule has 1 N–H and O–H groups in total. The van der Waals surface area contributed by atoms with Gasteiger partial charge in [0.1, 0.15) is 0 Å². The summed E-state index contributed by atoms with van der Waals surface area (Å²) in [5, 5.41) is 21.8. The molecular weight excluding hydrogens is 301 g/mol. The van der Waals surface area contributed by atoms with Gasteiger partial charge in [-0.2, -0.15) is 5.10 Å². The summed E-state index contributed by atoms with van der Waals surface area (Å²) < 4.78 is 0. The zero-order valence-corrected chi connectivity index (χ0v) is 14.4. The first-order valence-corrected chi connectivity index (χ1v) is 6.75. The molecule has 0 saturated heterocycles. The number of H-pyrrole nitrogens is 1. The fourth-order valence-electron chi connectivity index (χ4n) is 2.76. The van der Waals surface area contributed by atoms with Crippen LogP contribution in [0.1, 0.15) is 10.4 Å². The quantitative estimate of drug-likeness (QED) is 0.386. The van der Waals surface area contributed by atoms with Crippen molar-refractivity contribution in [1.29, 1.82) is 0 Å². The van der Waals surface area contributed by atoms with E-state index in [4.69, 9.17) is 0 Å². The summed E-state index contributed by atoms with van der Waals surface area (Å²) in [5.41, 5.74) is 1.99. The minimum atomic E-state index is -1.18. The largest absolute Gasteiger partial charge is 1.00 e. The second-order valence-electron chi connectivity index (χ2n) is 5.04. The first kappa shape index (κ1) is 15.7. The van der Waals surface area contributed by atoms with Gasteiger partial charge < -0.3 is 9.90 Å². The number of aromatic amines is 1. The number of nitrogens with zero attached hydrogens (tertiary/aromatic N) is 2. The monoisotopic (exact) mass is 311 g/mol. The molecule has 0 bridgehead atoms. The van der Waals surface area contributed by atoms with Gasteiger partial charge in [-0.25, -0.2) is 0 Å². The topological polar surface area (TPSA) is 81.7 Å². The number of benzene rings is 2. The first-order valence-electron chi connectivity index (χ1n) is 6.75. The molecular formula is C17H10N3NaO2. The van der Waals surface area contributed by atoms with Gasteiger partial charge in [-0.15, -0.1) is 0 Å². The van der Waals surface area contributed by atoms with E-state index >= 15 is 0 Å². The van der Waals surface area contributed by atoms with E-state index in [0.29, 0.717) is 0 Å². The molecule has 0 aliphatic carbocycles. The van der Waals surface area contributed by atoms with Crippen LogP contribution in [-0.4, -0.2) is 21.2 Å². The third-order valence-corrected chi connectivity index (χ3v) is 3.78. The molecule has 0 amide bonds. The first-order chi connectivity index (χ1) is 10.7. The van der Waals surface area contributed by atoms with E-state index in [2.05, 4.69) is 15.2 Å². The van der Waals surface area contributed by atoms with E-state index in [-0.39, 0.29) is 35.1 Å². The molecule has 2 heterocycles. The van der Waals surface area contributed by atoms with Crippen LogP contribution in [0.3, 0.4) is 0 Å². The second-order valence-corrected chi connectivity index (χ2v) is 5.04. The van der Waals surface area contributed by atoms with Crippen molar-refractivity contribution in [3.63, 3.8) is 0 Å². The van der Waals surface area contributed by atoms with Crippen molar-refractivity contribution in [2.24, 2.45) is 0 Å². The predicted octanol–water partition coefficient (Wildman–Crippen LogP) is -0.854. The van der Waals surface area contributed by atoms with Crippen LogP contribution in [0, 0.1) is 0 Å². The van der Waals surface area contributed by atoms with E-state index in [1.807, 2.05) is 18.2 Å². The van der Waals surface area contributed by atoms with Crippen LogP contribution in [0.15, 0.2) is 55.0 Å². The van der Waals surface area contributed by atoms with E-state index < -0.39 is 5.97 Å². The Labute approximate surface area is 153 Å².